The lowest BCUT2D eigenvalue weighted by molar-refractivity contribution is 0.171. The van der Waals surface area contributed by atoms with Gasteiger partial charge in [0.2, 0.25) is 0 Å². The first-order chi connectivity index (χ1) is 7.16. The van der Waals surface area contributed by atoms with Crippen molar-refractivity contribution in [3.63, 3.8) is 0 Å². The molecule has 1 saturated carbocycles. The molecule has 0 aliphatic heterocycles. The number of rotatable bonds is 0. The highest BCUT2D eigenvalue weighted by Crippen LogP contribution is 2.66. The van der Waals surface area contributed by atoms with Crippen LogP contribution in [0, 0.1) is 29.1 Å². The van der Waals surface area contributed by atoms with Gasteiger partial charge in [0.05, 0.1) is 0 Å². The molecule has 2 aliphatic carbocycles. The number of fused-ring (bicyclic) bond motifs is 1. The lowest BCUT2D eigenvalue weighted by Gasteiger charge is -2.38. The standard InChI is InChI=1S/C15H27N/c1-8-9(2)13-14(6,10(8)3)11(4)12(5)15(13,7)16/h8-10,13H,16H2,1-7H3/t8?,9?,10?,13?,14-,15?/m1/s1. The van der Waals surface area contributed by atoms with Crippen LogP contribution in [0.4, 0.5) is 0 Å². The van der Waals surface area contributed by atoms with Crippen LogP contribution in [0.3, 0.4) is 0 Å². The average molecular weight is 221 g/mol. The van der Waals surface area contributed by atoms with Crippen molar-refractivity contribution in [1.29, 1.82) is 0 Å². The van der Waals surface area contributed by atoms with Gasteiger partial charge in [-0.25, -0.2) is 0 Å². The van der Waals surface area contributed by atoms with E-state index in [2.05, 4.69) is 48.5 Å². The molecule has 0 aromatic rings. The van der Waals surface area contributed by atoms with Gasteiger partial charge < -0.3 is 5.73 Å². The summed E-state index contributed by atoms with van der Waals surface area (Å²) in [5.74, 6) is 2.86. The number of nitrogens with two attached hydrogens (primary N) is 1. The van der Waals surface area contributed by atoms with Crippen molar-refractivity contribution in [2.24, 2.45) is 34.8 Å². The largest absolute Gasteiger partial charge is 0.322 e. The van der Waals surface area contributed by atoms with E-state index in [9.17, 15) is 0 Å². The highest BCUT2D eigenvalue weighted by Gasteiger charge is 2.62. The summed E-state index contributed by atoms with van der Waals surface area (Å²) >= 11 is 0. The van der Waals surface area contributed by atoms with Gasteiger partial charge >= 0.3 is 0 Å². The van der Waals surface area contributed by atoms with E-state index in [0.29, 0.717) is 11.3 Å². The quantitative estimate of drug-likeness (QED) is 0.621. The Labute approximate surface area is 100 Å². The zero-order chi connectivity index (χ0) is 12.5. The molecule has 92 valence electrons. The molecule has 2 rings (SSSR count). The summed E-state index contributed by atoms with van der Waals surface area (Å²) in [7, 11) is 0. The summed E-state index contributed by atoms with van der Waals surface area (Å²) in [5, 5.41) is 0. The molecule has 0 amide bonds. The van der Waals surface area contributed by atoms with Crippen LogP contribution in [0.2, 0.25) is 0 Å². The molecule has 1 heteroatoms. The van der Waals surface area contributed by atoms with Crippen molar-refractivity contribution in [1.82, 2.24) is 0 Å². The maximum Gasteiger partial charge on any atom is 0.0379 e. The fourth-order valence-corrected chi connectivity index (χ4v) is 4.92. The normalized spacial score (nSPS) is 57.0. The minimum Gasteiger partial charge on any atom is -0.322 e. The second-order valence-corrected chi connectivity index (χ2v) is 6.80. The van der Waals surface area contributed by atoms with E-state index < -0.39 is 0 Å². The Morgan fingerprint density at radius 3 is 1.88 bits per heavy atom. The maximum absolute atomic E-state index is 6.64. The fraction of sp³-hybridized carbons (Fsp3) is 0.867. The zero-order valence-corrected chi connectivity index (χ0v) is 11.9. The van der Waals surface area contributed by atoms with E-state index in [4.69, 9.17) is 5.73 Å². The second-order valence-electron chi connectivity index (χ2n) is 6.80. The minimum atomic E-state index is -0.0999. The van der Waals surface area contributed by atoms with Crippen LogP contribution in [0.25, 0.3) is 0 Å². The topological polar surface area (TPSA) is 26.0 Å². The van der Waals surface area contributed by atoms with Crippen molar-refractivity contribution in [2.45, 2.75) is 54.0 Å². The molecular weight excluding hydrogens is 194 g/mol. The van der Waals surface area contributed by atoms with Crippen LogP contribution in [0.15, 0.2) is 11.1 Å². The molecule has 0 spiro atoms. The van der Waals surface area contributed by atoms with Crippen LogP contribution < -0.4 is 5.73 Å². The van der Waals surface area contributed by atoms with Crippen LogP contribution >= 0.6 is 0 Å². The summed E-state index contributed by atoms with van der Waals surface area (Å²) in [6, 6.07) is 0. The van der Waals surface area contributed by atoms with E-state index >= 15 is 0 Å². The molecule has 0 bridgehead atoms. The third-order valence-corrected chi connectivity index (χ3v) is 6.56. The summed E-state index contributed by atoms with van der Waals surface area (Å²) in [6.45, 7) is 16.4. The predicted octanol–water partition coefficient (Wildman–Crippen LogP) is 3.60. The van der Waals surface area contributed by atoms with Gasteiger partial charge in [-0.05, 0) is 49.9 Å². The molecule has 2 N–H and O–H groups in total. The molecule has 0 aromatic heterocycles. The Bertz CT molecular complexity index is 352. The maximum atomic E-state index is 6.64. The molecule has 1 fully saturated rings. The summed E-state index contributed by atoms with van der Waals surface area (Å²) in [4.78, 5) is 0. The monoisotopic (exact) mass is 221 g/mol. The van der Waals surface area contributed by atoms with Gasteiger partial charge in [0.15, 0.2) is 0 Å². The Morgan fingerprint density at radius 2 is 1.44 bits per heavy atom. The first-order valence-electron chi connectivity index (χ1n) is 6.64. The van der Waals surface area contributed by atoms with E-state index in [0.717, 1.165) is 17.8 Å². The van der Waals surface area contributed by atoms with E-state index in [1.165, 1.54) is 5.57 Å². The van der Waals surface area contributed by atoms with Crippen molar-refractivity contribution >= 4 is 0 Å². The number of allylic oxidation sites excluding steroid dienone is 1. The smallest absolute Gasteiger partial charge is 0.0379 e. The van der Waals surface area contributed by atoms with Crippen LogP contribution in [0.1, 0.15) is 48.5 Å². The van der Waals surface area contributed by atoms with Crippen LogP contribution in [0.5, 0.6) is 0 Å². The summed E-state index contributed by atoms with van der Waals surface area (Å²) < 4.78 is 0. The Kier molecular flexibility index (Phi) is 2.38. The first kappa shape index (κ1) is 12.2. The summed E-state index contributed by atoms with van der Waals surface area (Å²) in [5.41, 5.74) is 9.86. The molecular formula is C15H27N. The van der Waals surface area contributed by atoms with Gasteiger partial charge in [-0.15, -0.1) is 0 Å². The Balaban J connectivity index is 2.61. The van der Waals surface area contributed by atoms with Crippen molar-refractivity contribution in [3.05, 3.63) is 11.1 Å². The third kappa shape index (κ3) is 1.06. The molecule has 5 unspecified atom stereocenters. The lowest BCUT2D eigenvalue weighted by atomic mass is 9.68. The Hall–Kier alpha value is -0.300. The molecule has 0 heterocycles. The first-order valence-corrected chi connectivity index (χ1v) is 6.64. The van der Waals surface area contributed by atoms with Crippen molar-refractivity contribution in [3.8, 4) is 0 Å². The van der Waals surface area contributed by atoms with Gasteiger partial charge in [0, 0.05) is 5.54 Å². The molecule has 0 aromatic carbocycles. The number of hydrogen-bond donors (Lipinski definition) is 1. The van der Waals surface area contributed by atoms with Crippen molar-refractivity contribution < 1.29 is 0 Å². The molecule has 0 saturated heterocycles. The highest BCUT2D eigenvalue weighted by molar-refractivity contribution is 5.40. The van der Waals surface area contributed by atoms with Gasteiger partial charge in [-0.2, -0.15) is 0 Å². The van der Waals surface area contributed by atoms with Gasteiger partial charge in [-0.1, -0.05) is 38.8 Å². The predicted molar refractivity (Wildman–Crippen MR) is 70.1 cm³/mol. The van der Waals surface area contributed by atoms with Crippen LogP contribution in [-0.4, -0.2) is 5.54 Å². The zero-order valence-electron chi connectivity index (χ0n) is 11.9. The van der Waals surface area contributed by atoms with E-state index in [1.807, 2.05) is 0 Å². The molecule has 0 radical (unpaired) electrons. The van der Waals surface area contributed by atoms with Gasteiger partial charge in [-0.3, -0.25) is 0 Å². The van der Waals surface area contributed by atoms with Gasteiger partial charge in [0.25, 0.3) is 0 Å². The molecule has 1 nitrogen and oxygen atoms in total. The minimum absolute atomic E-state index is 0.0999. The van der Waals surface area contributed by atoms with Gasteiger partial charge in [0.1, 0.15) is 0 Å². The molecule has 2 aliphatic rings. The van der Waals surface area contributed by atoms with E-state index in [1.54, 1.807) is 5.57 Å². The third-order valence-electron chi connectivity index (χ3n) is 6.56. The second kappa shape index (κ2) is 3.13. The van der Waals surface area contributed by atoms with E-state index in [-0.39, 0.29) is 5.54 Å². The fourth-order valence-electron chi connectivity index (χ4n) is 4.92. The van der Waals surface area contributed by atoms with Crippen LogP contribution in [-0.2, 0) is 0 Å². The van der Waals surface area contributed by atoms with Crippen molar-refractivity contribution in [2.75, 3.05) is 0 Å². The lowest BCUT2D eigenvalue weighted by Crippen LogP contribution is -2.47. The molecule has 16 heavy (non-hydrogen) atoms. The SMILES string of the molecule is CC1=C(C)[C@@]2(C)C(C)C(C)C(C)C2C1(C)N. The highest BCUT2D eigenvalue weighted by atomic mass is 14.8. The average Bonchev–Trinajstić information content (AvgIpc) is 2.46. The summed E-state index contributed by atoms with van der Waals surface area (Å²) in [6.07, 6.45) is 0. The Morgan fingerprint density at radius 1 is 0.938 bits per heavy atom. The molecule has 6 atom stereocenters. The number of hydrogen-bond acceptors (Lipinski definition) is 1.